The summed E-state index contributed by atoms with van der Waals surface area (Å²) in [6.45, 7) is 4.61. The molecule has 2 N–H and O–H groups in total. The summed E-state index contributed by atoms with van der Waals surface area (Å²) in [5.74, 6) is 2.11. The maximum absolute atomic E-state index is 13.8. The van der Waals surface area contributed by atoms with Crippen molar-refractivity contribution in [3.63, 3.8) is 0 Å². The second-order valence-electron chi connectivity index (χ2n) is 5.93. The zero-order chi connectivity index (χ0) is 18.2. The van der Waals surface area contributed by atoms with E-state index in [2.05, 4.69) is 15.6 Å². The summed E-state index contributed by atoms with van der Waals surface area (Å²) < 4.78 is 29.9. The van der Waals surface area contributed by atoms with Crippen molar-refractivity contribution in [1.82, 2.24) is 10.6 Å². The predicted octanol–water partition coefficient (Wildman–Crippen LogP) is 2.63. The van der Waals surface area contributed by atoms with Crippen LogP contribution in [0.2, 0.25) is 0 Å². The van der Waals surface area contributed by atoms with Gasteiger partial charge in [-0.2, -0.15) is 0 Å². The van der Waals surface area contributed by atoms with Crippen LogP contribution in [-0.2, 0) is 24.2 Å². The number of fused-ring (bicyclic) bond motifs is 1. The third-order valence-electron chi connectivity index (χ3n) is 3.99. The molecule has 1 aromatic heterocycles. The van der Waals surface area contributed by atoms with Gasteiger partial charge in [-0.15, -0.1) is 0 Å². The molecule has 0 atom stereocenters. The van der Waals surface area contributed by atoms with Gasteiger partial charge in [0.1, 0.15) is 17.3 Å². The summed E-state index contributed by atoms with van der Waals surface area (Å²) >= 11 is 0. The van der Waals surface area contributed by atoms with Crippen LogP contribution in [0, 0.1) is 5.82 Å². The van der Waals surface area contributed by atoms with Crippen LogP contribution in [0.3, 0.4) is 0 Å². The molecule has 2 aromatic rings. The van der Waals surface area contributed by atoms with Crippen LogP contribution in [0.1, 0.15) is 23.8 Å². The Bertz CT molecular complexity index is 732. The number of guanidine groups is 1. The summed E-state index contributed by atoms with van der Waals surface area (Å²) in [7, 11) is 0. The summed E-state index contributed by atoms with van der Waals surface area (Å²) in [6, 6.07) is 6.79. The molecule has 1 aliphatic heterocycles. The molecule has 2 heterocycles. The van der Waals surface area contributed by atoms with Gasteiger partial charge in [0.15, 0.2) is 12.8 Å². The largest absolute Gasteiger partial charge is 0.469 e. The molecule has 0 radical (unpaired) electrons. The fourth-order valence-electron chi connectivity index (χ4n) is 2.83. The lowest BCUT2D eigenvalue weighted by molar-refractivity contribution is -0.0172. The predicted molar refractivity (Wildman–Crippen MR) is 96.8 cm³/mol. The highest BCUT2D eigenvalue weighted by atomic mass is 19.1. The van der Waals surface area contributed by atoms with E-state index in [4.69, 9.17) is 13.9 Å². The fourth-order valence-corrected chi connectivity index (χ4v) is 2.83. The SMILES string of the molecule is CCNC(=NCCc1ccco1)NCCc1cc(F)cc2c1OCOC2. The number of hydrogen-bond donors (Lipinski definition) is 2. The topological polar surface area (TPSA) is 68.0 Å². The third-order valence-corrected chi connectivity index (χ3v) is 3.99. The summed E-state index contributed by atoms with van der Waals surface area (Å²) in [5, 5.41) is 6.48. The molecular weight excluding hydrogens is 337 g/mol. The number of benzene rings is 1. The molecule has 3 rings (SSSR count). The Hall–Kier alpha value is -2.54. The monoisotopic (exact) mass is 361 g/mol. The first-order valence-corrected chi connectivity index (χ1v) is 8.82. The van der Waals surface area contributed by atoms with Gasteiger partial charge in [0.2, 0.25) is 0 Å². The number of furan rings is 1. The van der Waals surface area contributed by atoms with Crippen molar-refractivity contribution < 1.29 is 18.3 Å². The van der Waals surface area contributed by atoms with E-state index < -0.39 is 0 Å². The molecule has 0 unspecified atom stereocenters. The lowest BCUT2D eigenvalue weighted by atomic mass is 10.1. The van der Waals surface area contributed by atoms with Gasteiger partial charge in [-0.1, -0.05) is 0 Å². The van der Waals surface area contributed by atoms with Crippen LogP contribution in [0.25, 0.3) is 0 Å². The fraction of sp³-hybridized carbons (Fsp3) is 0.421. The minimum absolute atomic E-state index is 0.204. The highest BCUT2D eigenvalue weighted by Crippen LogP contribution is 2.29. The molecule has 1 aliphatic rings. The van der Waals surface area contributed by atoms with E-state index in [0.717, 1.165) is 41.6 Å². The normalized spacial score (nSPS) is 13.8. The molecule has 0 saturated carbocycles. The minimum atomic E-state index is -0.271. The minimum Gasteiger partial charge on any atom is -0.469 e. The van der Waals surface area contributed by atoms with Crippen LogP contribution in [0.15, 0.2) is 39.9 Å². The van der Waals surface area contributed by atoms with Crippen LogP contribution >= 0.6 is 0 Å². The average Bonchev–Trinajstić information content (AvgIpc) is 3.15. The van der Waals surface area contributed by atoms with Crippen molar-refractivity contribution in [2.45, 2.75) is 26.4 Å². The second-order valence-corrected chi connectivity index (χ2v) is 5.93. The van der Waals surface area contributed by atoms with Gasteiger partial charge < -0.3 is 24.5 Å². The van der Waals surface area contributed by atoms with Crippen molar-refractivity contribution >= 4 is 5.96 Å². The van der Waals surface area contributed by atoms with Gasteiger partial charge in [-0.25, -0.2) is 4.39 Å². The number of rotatable bonds is 7. The van der Waals surface area contributed by atoms with Gasteiger partial charge >= 0.3 is 0 Å². The van der Waals surface area contributed by atoms with Crippen molar-refractivity contribution in [2.24, 2.45) is 4.99 Å². The van der Waals surface area contributed by atoms with Gasteiger partial charge in [-0.3, -0.25) is 4.99 Å². The van der Waals surface area contributed by atoms with Gasteiger partial charge in [-0.05, 0) is 43.2 Å². The molecule has 0 saturated heterocycles. The molecule has 0 bridgehead atoms. The Morgan fingerprint density at radius 1 is 1.27 bits per heavy atom. The van der Waals surface area contributed by atoms with Crippen molar-refractivity contribution in [3.05, 3.63) is 53.2 Å². The first-order valence-electron chi connectivity index (χ1n) is 8.82. The Labute approximate surface area is 152 Å². The lowest BCUT2D eigenvalue weighted by Gasteiger charge is -2.21. The molecule has 0 spiro atoms. The number of nitrogens with zero attached hydrogens (tertiary/aromatic N) is 1. The Morgan fingerprint density at radius 2 is 2.19 bits per heavy atom. The molecule has 7 heteroatoms. The molecule has 0 amide bonds. The van der Waals surface area contributed by atoms with Crippen LogP contribution in [0.5, 0.6) is 5.75 Å². The van der Waals surface area contributed by atoms with E-state index in [9.17, 15) is 4.39 Å². The number of halogens is 1. The van der Waals surface area contributed by atoms with Crippen molar-refractivity contribution in [3.8, 4) is 5.75 Å². The highest BCUT2D eigenvalue weighted by Gasteiger charge is 2.16. The molecule has 26 heavy (non-hydrogen) atoms. The van der Waals surface area contributed by atoms with Crippen LogP contribution in [0.4, 0.5) is 4.39 Å². The number of ether oxygens (including phenoxy) is 2. The first-order chi connectivity index (χ1) is 12.8. The zero-order valence-corrected chi connectivity index (χ0v) is 14.9. The summed E-state index contributed by atoms with van der Waals surface area (Å²) in [5.41, 5.74) is 1.59. The van der Waals surface area contributed by atoms with E-state index in [1.165, 1.54) is 12.1 Å². The van der Waals surface area contributed by atoms with Gasteiger partial charge in [0.05, 0.1) is 12.9 Å². The first kappa shape index (κ1) is 18.3. The maximum Gasteiger partial charge on any atom is 0.191 e. The van der Waals surface area contributed by atoms with E-state index in [1.54, 1.807) is 6.26 Å². The van der Waals surface area contributed by atoms with Gasteiger partial charge in [0, 0.05) is 31.6 Å². The summed E-state index contributed by atoms with van der Waals surface area (Å²) in [4.78, 5) is 4.53. The Kier molecular flexibility index (Phi) is 6.49. The standard InChI is InChI=1S/C19H24FN3O3/c1-2-21-19(23-8-6-17-4-3-9-25-17)22-7-5-14-10-16(20)11-15-12-24-13-26-18(14)15/h3-4,9-11H,2,5-8,12-13H2,1H3,(H2,21,22,23). The molecule has 0 aliphatic carbocycles. The molecule has 140 valence electrons. The lowest BCUT2D eigenvalue weighted by Crippen LogP contribution is -2.38. The van der Waals surface area contributed by atoms with Crippen molar-refractivity contribution in [1.29, 1.82) is 0 Å². The number of hydrogen-bond acceptors (Lipinski definition) is 4. The molecule has 6 nitrogen and oxygen atoms in total. The molecular formula is C19H24FN3O3. The smallest absolute Gasteiger partial charge is 0.191 e. The van der Waals surface area contributed by atoms with Crippen molar-refractivity contribution in [2.75, 3.05) is 26.4 Å². The van der Waals surface area contributed by atoms with Gasteiger partial charge in [0.25, 0.3) is 0 Å². The maximum atomic E-state index is 13.8. The highest BCUT2D eigenvalue weighted by molar-refractivity contribution is 5.79. The number of nitrogens with one attached hydrogen (secondary N) is 2. The van der Waals surface area contributed by atoms with Crippen LogP contribution in [-0.4, -0.2) is 32.4 Å². The Morgan fingerprint density at radius 3 is 3.00 bits per heavy atom. The summed E-state index contributed by atoms with van der Waals surface area (Å²) in [6.07, 6.45) is 3.03. The molecule has 0 fully saturated rings. The molecule has 1 aromatic carbocycles. The van der Waals surface area contributed by atoms with E-state index >= 15 is 0 Å². The second kappa shape index (κ2) is 9.24. The van der Waals surface area contributed by atoms with Crippen LogP contribution < -0.4 is 15.4 Å². The third kappa shape index (κ3) is 4.98. The van der Waals surface area contributed by atoms with E-state index in [0.29, 0.717) is 26.1 Å². The quantitative estimate of drug-likeness (QED) is 0.586. The van der Waals surface area contributed by atoms with E-state index in [1.807, 2.05) is 19.1 Å². The zero-order valence-electron chi connectivity index (χ0n) is 14.9. The van der Waals surface area contributed by atoms with E-state index in [-0.39, 0.29) is 12.6 Å². The number of aliphatic imine (C=N–C) groups is 1. The Balaban J connectivity index is 1.55. The average molecular weight is 361 g/mol.